The molecule has 1 aromatic heterocycles. The van der Waals surface area contributed by atoms with E-state index in [1.165, 1.54) is 12.7 Å². The summed E-state index contributed by atoms with van der Waals surface area (Å²) in [4.78, 5) is 23.3. The van der Waals surface area contributed by atoms with Crippen molar-refractivity contribution in [1.29, 1.82) is 0 Å². The summed E-state index contributed by atoms with van der Waals surface area (Å²) in [6, 6.07) is 4.05. The number of aryl methyl sites for hydroxylation is 3. The third-order valence-electron chi connectivity index (χ3n) is 3.44. The molecule has 0 saturated heterocycles. The van der Waals surface area contributed by atoms with Crippen LogP contribution in [-0.2, 0) is 16.6 Å². The largest absolute Gasteiger partial charge is 0.469 e. The SMILES string of the molecule is COC(=O)CC(=O)c1cn(C)c2cc(C)c(C)cc12. The highest BCUT2D eigenvalue weighted by Crippen LogP contribution is 2.25. The molecule has 0 radical (unpaired) electrons. The molecule has 2 aromatic rings. The zero-order valence-electron chi connectivity index (χ0n) is 11.6. The van der Waals surface area contributed by atoms with Gasteiger partial charge in [0.15, 0.2) is 5.78 Å². The van der Waals surface area contributed by atoms with E-state index < -0.39 is 5.97 Å². The van der Waals surface area contributed by atoms with Gasteiger partial charge in [0.2, 0.25) is 0 Å². The van der Waals surface area contributed by atoms with Crippen molar-refractivity contribution in [3.63, 3.8) is 0 Å². The van der Waals surface area contributed by atoms with Crippen LogP contribution in [0.3, 0.4) is 0 Å². The minimum Gasteiger partial charge on any atom is -0.469 e. The molecule has 0 bridgehead atoms. The monoisotopic (exact) mass is 259 g/mol. The molecular weight excluding hydrogens is 242 g/mol. The second-order valence-corrected chi connectivity index (χ2v) is 4.78. The van der Waals surface area contributed by atoms with Gasteiger partial charge in [-0.1, -0.05) is 0 Å². The van der Waals surface area contributed by atoms with Crippen molar-refractivity contribution >= 4 is 22.7 Å². The lowest BCUT2D eigenvalue weighted by molar-refractivity contribution is -0.139. The first-order valence-electron chi connectivity index (χ1n) is 6.10. The van der Waals surface area contributed by atoms with Crippen molar-refractivity contribution in [2.24, 2.45) is 7.05 Å². The van der Waals surface area contributed by atoms with Crippen LogP contribution < -0.4 is 0 Å². The minimum atomic E-state index is -0.508. The van der Waals surface area contributed by atoms with Gasteiger partial charge in [0, 0.05) is 29.7 Å². The van der Waals surface area contributed by atoms with Crippen molar-refractivity contribution < 1.29 is 14.3 Å². The van der Waals surface area contributed by atoms with E-state index in [-0.39, 0.29) is 12.2 Å². The third-order valence-corrected chi connectivity index (χ3v) is 3.44. The van der Waals surface area contributed by atoms with Gasteiger partial charge in [-0.05, 0) is 37.1 Å². The number of hydrogen-bond acceptors (Lipinski definition) is 3. The first-order chi connectivity index (χ1) is 8.93. The Kier molecular flexibility index (Phi) is 3.42. The van der Waals surface area contributed by atoms with Gasteiger partial charge in [0.1, 0.15) is 6.42 Å². The Balaban J connectivity index is 2.52. The highest BCUT2D eigenvalue weighted by Gasteiger charge is 2.17. The van der Waals surface area contributed by atoms with Gasteiger partial charge in [-0.3, -0.25) is 9.59 Å². The molecule has 0 unspecified atom stereocenters. The highest BCUT2D eigenvalue weighted by atomic mass is 16.5. The lowest BCUT2D eigenvalue weighted by Crippen LogP contribution is -2.09. The number of Topliss-reactive ketones (excluding diaryl/α,β-unsaturated/α-hetero) is 1. The Hall–Kier alpha value is -2.10. The number of methoxy groups -OCH3 is 1. The molecule has 1 aromatic carbocycles. The van der Waals surface area contributed by atoms with Crippen molar-refractivity contribution in [3.05, 3.63) is 35.0 Å². The molecule has 100 valence electrons. The van der Waals surface area contributed by atoms with Crippen LogP contribution in [-0.4, -0.2) is 23.4 Å². The second kappa shape index (κ2) is 4.88. The number of aromatic nitrogens is 1. The van der Waals surface area contributed by atoms with Crippen molar-refractivity contribution in [3.8, 4) is 0 Å². The number of carbonyl (C=O) groups excluding carboxylic acids is 2. The normalized spacial score (nSPS) is 10.7. The van der Waals surface area contributed by atoms with Crippen LogP contribution in [0.25, 0.3) is 10.9 Å². The molecule has 1 heterocycles. The van der Waals surface area contributed by atoms with Crippen LogP contribution in [0.1, 0.15) is 27.9 Å². The zero-order chi connectivity index (χ0) is 14.2. The molecule has 0 atom stereocenters. The Morgan fingerprint density at radius 2 is 1.84 bits per heavy atom. The summed E-state index contributed by atoms with van der Waals surface area (Å²) in [5, 5.41) is 0.888. The van der Waals surface area contributed by atoms with E-state index in [4.69, 9.17) is 0 Å². The number of nitrogens with zero attached hydrogens (tertiary/aromatic N) is 1. The number of hydrogen-bond donors (Lipinski definition) is 0. The van der Waals surface area contributed by atoms with E-state index in [1.54, 1.807) is 6.20 Å². The fourth-order valence-electron chi connectivity index (χ4n) is 2.16. The summed E-state index contributed by atoms with van der Waals surface area (Å²) in [5.74, 6) is -0.716. The molecule has 0 aliphatic heterocycles. The maximum Gasteiger partial charge on any atom is 0.313 e. The smallest absolute Gasteiger partial charge is 0.313 e. The molecule has 0 amide bonds. The molecule has 2 rings (SSSR count). The number of esters is 1. The van der Waals surface area contributed by atoms with Crippen LogP contribution in [0.4, 0.5) is 0 Å². The lowest BCUT2D eigenvalue weighted by atomic mass is 10.0. The highest BCUT2D eigenvalue weighted by molar-refractivity contribution is 6.13. The maximum atomic E-state index is 12.1. The number of rotatable bonds is 3. The fourth-order valence-corrected chi connectivity index (χ4v) is 2.16. The van der Waals surface area contributed by atoms with E-state index >= 15 is 0 Å². The average Bonchev–Trinajstić information content (AvgIpc) is 2.67. The Labute approximate surface area is 112 Å². The fraction of sp³-hybridized carbons (Fsp3) is 0.333. The van der Waals surface area contributed by atoms with E-state index in [0.29, 0.717) is 5.56 Å². The first-order valence-corrected chi connectivity index (χ1v) is 6.10. The molecule has 0 aliphatic rings. The Bertz CT molecular complexity index is 668. The van der Waals surface area contributed by atoms with Gasteiger partial charge in [-0.2, -0.15) is 0 Å². The van der Waals surface area contributed by atoms with Crippen LogP contribution in [0.15, 0.2) is 18.3 Å². The van der Waals surface area contributed by atoms with Crippen LogP contribution in [0.2, 0.25) is 0 Å². The van der Waals surface area contributed by atoms with Crippen molar-refractivity contribution in [2.75, 3.05) is 7.11 Å². The molecule has 4 nitrogen and oxygen atoms in total. The van der Waals surface area contributed by atoms with E-state index in [9.17, 15) is 9.59 Å². The summed E-state index contributed by atoms with van der Waals surface area (Å²) in [5.41, 5.74) is 3.88. The van der Waals surface area contributed by atoms with Gasteiger partial charge >= 0.3 is 5.97 Å². The van der Waals surface area contributed by atoms with Crippen LogP contribution >= 0.6 is 0 Å². The molecule has 0 spiro atoms. The predicted molar refractivity (Wildman–Crippen MR) is 73.4 cm³/mol. The van der Waals surface area contributed by atoms with Crippen LogP contribution in [0.5, 0.6) is 0 Å². The number of carbonyl (C=O) groups is 2. The average molecular weight is 259 g/mol. The van der Waals surface area contributed by atoms with Gasteiger partial charge < -0.3 is 9.30 Å². The summed E-state index contributed by atoms with van der Waals surface area (Å²) >= 11 is 0. The molecule has 19 heavy (non-hydrogen) atoms. The van der Waals surface area contributed by atoms with E-state index in [0.717, 1.165) is 16.5 Å². The zero-order valence-corrected chi connectivity index (χ0v) is 11.6. The van der Waals surface area contributed by atoms with Crippen molar-refractivity contribution in [1.82, 2.24) is 4.57 Å². The van der Waals surface area contributed by atoms with E-state index in [1.807, 2.05) is 31.5 Å². The summed E-state index contributed by atoms with van der Waals surface area (Å²) in [6.45, 7) is 4.05. The predicted octanol–water partition coefficient (Wildman–Crippen LogP) is 2.54. The number of fused-ring (bicyclic) bond motifs is 1. The number of ketones is 1. The van der Waals surface area contributed by atoms with Crippen molar-refractivity contribution in [2.45, 2.75) is 20.3 Å². The van der Waals surface area contributed by atoms with Gasteiger partial charge in [0.05, 0.1) is 7.11 Å². The number of benzene rings is 1. The first kappa shape index (κ1) is 13.3. The molecule has 0 aliphatic carbocycles. The van der Waals surface area contributed by atoms with Gasteiger partial charge in [-0.15, -0.1) is 0 Å². The topological polar surface area (TPSA) is 48.3 Å². The van der Waals surface area contributed by atoms with Crippen LogP contribution in [0, 0.1) is 13.8 Å². The minimum absolute atomic E-state index is 0.208. The molecule has 0 saturated carbocycles. The van der Waals surface area contributed by atoms with Gasteiger partial charge in [0.25, 0.3) is 0 Å². The molecule has 4 heteroatoms. The lowest BCUT2D eigenvalue weighted by Gasteiger charge is -2.03. The Morgan fingerprint density at radius 1 is 1.21 bits per heavy atom. The van der Waals surface area contributed by atoms with Gasteiger partial charge in [-0.25, -0.2) is 0 Å². The quantitative estimate of drug-likeness (QED) is 0.483. The standard InChI is InChI=1S/C15H17NO3/c1-9-5-11-12(14(17)7-15(18)19-4)8-16(3)13(11)6-10(9)2/h5-6,8H,7H2,1-4H3. The van der Waals surface area contributed by atoms with E-state index in [2.05, 4.69) is 10.8 Å². The molecule has 0 N–H and O–H groups in total. The third kappa shape index (κ3) is 2.38. The molecular formula is C15H17NO3. The maximum absolute atomic E-state index is 12.1. The second-order valence-electron chi connectivity index (χ2n) is 4.78. The number of ether oxygens (including phenoxy) is 1. The summed E-state index contributed by atoms with van der Waals surface area (Å²) in [7, 11) is 3.18. The summed E-state index contributed by atoms with van der Waals surface area (Å²) in [6.07, 6.45) is 1.55. The Morgan fingerprint density at radius 3 is 2.47 bits per heavy atom. The summed E-state index contributed by atoms with van der Waals surface area (Å²) < 4.78 is 6.45. The molecule has 0 fully saturated rings.